The fourth-order valence-corrected chi connectivity index (χ4v) is 9.39. The zero-order valence-corrected chi connectivity index (χ0v) is 40.8. The van der Waals surface area contributed by atoms with Crippen molar-refractivity contribution in [2.75, 3.05) is 0 Å². The maximum atomic E-state index is 12.6. The molecule has 0 aliphatic carbocycles. The Kier molecular flexibility index (Phi) is 11.4. The zero-order valence-electron chi connectivity index (χ0n) is 41.8. The third-order valence-electron chi connectivity index (χ3n) is 13.3. The van der Waals surface area contributed by atoms with Crippen LogP contribution in [0.25, 0.3) is 95.0 Å². The number of phenolic OH excluding ortho intramolecular Hbond substituents is 1. The first-order valence-electron chi connectivity index (χ1n) is 24.4. The van der Waals surface area contributed by atoms with E-state index in [0.29, 0.717) is 11.4 Å². The maximum absolute atomic E-state index is 12.6. The van der Waals surface area contributed by atoms with Crippen LogP contribution >= 0.6 is 0 Å². The van der Waals surface area contributed by atoms with Gasteiger partial charge in [-0.25, -0.2) is 4.98 Å². The van der Waals surface area contributed by atoms with Crippen molar-refractivity contribution in [2.24, 2.45) is 0 Å². The molecule has 8 aromatic carbocycles. The van der Waals surface area contributed by atoms with Crippen LogP contribution in [-0.4, -0.2) is 19.6 Å². The molecule has 0 saturated heterocycles. The number of imidazole rings is 1. The minimum absolute atomic E-state index is 0.216. The molecule has 69 heavy (non-hydrogen) atoms. The lowest BCUT2D eigenvalue weighted by atomic mass is 9.79. The van der Waals surface area contributed by atoms with Gasteiger partial charge >= 0.3 is 0 Å². The molecule has 0 aliphatic heterocycles. The monoisotopic (exact) mass is 898 g/mol. The predicted octanol–water partition coefficient (Wildman–Crippen LogP) is 17.5. The summed E-state index contributed by atoms with van der Waals surface area (Å²) in [4.78, 5) is 10.7. The van der Waals surface area contributed by atoms with E-state index in [4.69, 9.17) is 9.97 Å². The highest BCUT2D eigenvalue weighted by Gasteiger charge is 2.29. The molecule has 10 rings (SSSR count). The van der Waals surface area contributed by atoms with Gasteiger partial charge in [-0.05, 0) is 133 Å². The average molecular weight is 899 g/mol. The molecular formula is C65H59N3O. The van der Waals surface area contributed by atoms with Crippen molar-refractivity contribution in [3.63, 3.8) is 0 Å². The summed E-state index contributed by atoms with van der Waals surface area (Å²) in [5.41, 5.74) is 18.0. The van der Waals surface area contributed by atoms with Crippen molar-refractivity contribution in [1.82, 2.24) is 14.5 Å². The standard InChI is InChI=1S/C65H59N3O/c1-42(2)49-33-51(45-23-16-11-17-24-45)38-55(37-49)68-60-26-18-25-56(61(60)67-63(68)57-40-54(64(3,4)5)41-58(62(57)69)65(6,7)8)52-34-50(44-21-14-10-15-22-44)35-53(36-52)59-39-48(31-32-66-59)47-29-27-46(28-30-47)43-19-12-9-13-20-43/h9-42,69H,1-8H3/i42D. The van der Waals surface area contributed by atoms with Gasteiger partial charge in [0, 0.05) is 29.9 Å². The molecule has 4 nitrogen and oxygen atoms in total. The highest BCUT2D eigenvalue weighted by molar-refractivity contribution is 5.98. The molecule has 0 amide bonds. The van der Waals surface area contributed by atoms with E-state index in [0.717, 1.165) is 89.2 Å². The number of aromatic nitrogens is 3. The number of hydrogen-bond donors (Lipinski definition) is 1. The summed E-state index contributed by atoms with van der Waals surface area (Å²) >= 11 is 0. The molecule has 10 aromatic rings. The van der Waals surface area contributed by atoms with E-state index in [9.17, 15) is 6.48 Å². The second kappa shape index (κ2) is 18.0. The Balaban J connectivity index is 1.22. The Morgan fingerprint density at radius 1 is 0.478 bits per heavy atom. The highest BCUT2D eigenvalue weighted by atomic mass is 16.3. The van der Waals surface area contributed by atoms with E-state index in [2.05, 4.69) is 222 Å². The summed E-state index contributed by atoms with van der Waals surface area (Å²) in [6.07, 6.45) is 1.90. The van der Waals surface area contributed by atoms with Crippen LogP contribution in [0.3, 0.4) is 0 Å². The van der Waals surface area contributed by atoms with Gasteiger partial charge in [-0.2, -0.15) is 0 Å². The Bertz CT molecular complexity index is 3520. The minimum Gasteiger partial charge on any atom is -0.507 e. The lowest BCUT2D eigenvalue weighted by Gasteiger charge is -2.27. The van der Waals surface area contributed by atoms with Crippen molar-refractivity contribution < 1.29 is 6.48 Å². The van der Waals surface area contributed by atoms with Crippen LogP contribution in [0.15, 0.2) is 200 Å². The second-order valence-corrected chi connectivity index (χ2v) is 20.5. The number of rotatable bonds is 9. The van der Waals surface area contributed by atoms with E-state index < -0.39 is 5.89 Å². The Labute approximate surface area is 409 Å². The molecule has 2 aromatic heterocycles. The highest BCUT2D eigenvalue weighted by Crippen LogP contribution is 2.45. The predicted molar refractivity (Wildman–Crippen MR) is 290 cm³/mol. The van der Waals surface area contributed by atoms with Crippen LogP contribution in [0.2, 0.25) is 0 Å². The molecule has 2 heterocycles. The molecule has 0 aliphatic rings. The number of hydrogen-bond acceptors (Lipinski definition) is 3. The van der Waals surface area contributed by atoms with Gasteiger partial charge in [0.2, 0.25) is 0 Å². The van der Waals surface area contributed by atoms with E-state index in [1.165, 1.54) is 11.1 Å². The number of benzene rings is 8. The summed E-state index contributed by atoms with van der Waals surface area (Å²) in [6.45, 7) is 17.0. The fraction of sp³-hybridized carbons (Fsp3) is 0.169. The van der Waals surface area contributed by atoms with Crippen molar-refractivity contribution in [3.05, 3.63) is 217 Å². The number of fused-ring (bicyclic) bond motifs is 1. The third kappa shape index (κ3) is 9.03. The fourth-order valence-electron chi connectivity index (χ4n) is 9.39. The zero-order chi connectivity index (χ0) is 49.0. The molecule has 4 heteroatoms. The SMILES string of the molecule is [2H]C(C)(C)c1cc(-c2ccccc2)cc(-n2c(-c3cc(C(C)(C)C)cc(C(C)(C)C)c3O)nc3c(-c4cc(-c5ccccc5)cc(-c5cc(-c6ccc(-c7ccccc7)cc6)ccn5)c4)cccc32)c1. The molecular weight excluding hydrogens is 839 g/mol. The maximum Gasteiger partial charge on any atom is 0.149 e. The number of nitrogens with zero attached hydrogens (tertiary/aromatic N) is 3. The largest absolute Gasteiger partial charge is 0.507 e. The van der Waals surface area contributed by atoms with Crippen LogP contribution in [0.4, 0.5) is 0 Å². The van der Waals surface area contributed by atoms with Crippen LogP contribution in [0.5, 0.6) is 5.75 Å². The van der Waals surface area contributed by atoms with Gasteiger partial charge in [-0.1, -0.05) is 195 Å². The Morgan fingerprint density at radius 2 is 1.03 bits per heavy atom. The molecule has 0 unspecified atom stereocenters. The quantitative estimate of drug-likeness (QED) is 0.157. The molecule has 0 saturated carbocycles. The summed E-state index contributed by atoms with van der Waals surface area (Å²) in [5.74, 6) is -0.0596. The molecule has 0 fully saturated rings. The number of aromatic hydroxyl groups is 1. The average Bonchev–Trinajstić information content (AvgIpc) is 3.76. The van der Waals surface area contributed by atoms with Crippen molar-refractivity contribution >= 4 is 11.0 Å². The van der Waals surface area contributed by atoms with E-state index in [1.54, 1.807) is 0 Å². The van der Waals surface area contributed by atoms with Crippen LogP contribution in [0, 0.1) is 0 Å². The van der Waals surface area contributed by atoms with E-state index in [1.807, 2.05) is 38.2 Å². The van der Waals surface area contributed by atoms with Crippen LogP contribution in [-0.2, 0) is 10.8 Å². The normalized spacial score (nSPS) is 12.3. The first kappa shape index (κ1) is 43.7. The molecule has 340 valence electrons. The Morgan fingerprint density at radius 3 is 1.62 bits per heavy atom. The number of phenols is 1. The molecule has 0 spiro atoms. The molecule has 0 atom stereocenters. The van der Waals surface area contributed by atoms with Gasteiger partial charge in [-0.15, -0.1) is 0 Å². The molecule has 0 radical (unpaired) electrons. The summed E-state index contributed by atoms with van der Waals surface area (Å²) in [6, 6.07) is 68.2. The topological polar surface area (TPSA) is 50.9 Å². The second-order valence-electron chi connectivity index (χ2n) is 20.5. The van der Waals surface area contributed by atoms with Crippen LogP contribution in [0.1, 0.15) is 79.3 Å². The van der Waals surface area contributed by atoms with E-state index >= 15 is 0 Å². The van der Waals surface area contributed by atoms with Gasteiger partial charge in [0.05, 0.1) is 22.3 Å². The summed E-state index contributed by atoms with van der Waals surface area (Å²) < 4.78 is 11.5. The Hall–Kier alpha value is -7.82. The van der Waals surface area contributed by atoms with Gasteiger partial charge in [0.15, 0.2) is 0 Å². The van der Waals surface area contributed by atoms with Crippen molar-refractivity contribution in [3.8, 4) is 89.7 Å². The van der Waals surface area contributed by atoms with Crippen molar-refractivity contribution in [2.45, 2.75) is 72.1 Å². The molecule has 1 N–H and O–H groups in total. The van der Waals surface area contributed by atoms with Gasteiger partial charge in [0.25, 0.3) is 0 Å². The van der Waals surface area contributed by atoms with Crippen LogP contribution < -0.4 is 0 Å². The minimum atomic E-state index is -0.903. The van der Waals surface area contributed by atoms with Gasteiger partial charge < -0.3 is 5.11 Å². The number of para-hydroxylation sites is 1. The van der Waals surface area contributed by atoms with Crippen molar-refractivity contribution in [1.29, 1.82) is 0 Å². The van der Waals surface area contributed by atoms with Gasteiger partial charge in [-0.3, -0.25) is 9.55 Å². The van der Waals surface area contributed by atoms with E-state index in [-0.39, 0.29) is 16.6 Å². The first-order chi connectivity index (χ1) is 33.5. The lowest BCUT2D eigenvalue weighted by molar-refractivity contribution is 0.446. The molecule has 0 bridgehead atoms. The smallest absolute Gasteiger partial charge is 0.149 e. The van der Waals surface area contributed by atoms with Gasteiger partial charge in [0.1, 0.15) is 11.6 Å². The summed E-state index contributed by atoms with van der Waals surface area (Å²) in [5, 5.41) is 12.6. The first-order valence-corrected chi connectivity index (χ1v) is 23.9. The number of pyridine rings is 1. The lowest BCUT2D eigenvalue weighted by Crippen LogP contribution is -2.17. The third-order valence-corrected chi connectivity index (χ3v) is 13.3. The summed E-state index contributed by atoms with van der Waals surface area (Å²) in [7, 11) is 0.